The van der Waals surface area contributed by atoms with Crippen molar-refractivity contribution in [1.29, 1.82) is 0 Å². The topological polar surface area (TPSA) is 102 Å². The molecule has 3 aliphatic heterocycles. The summed E-state index contributed by atoms with van der Waals surface area (Å²) in [6, 6.07) is 5.70. The van der Waals surface area contributed by atoms with Crippen molar-refractivity contribution in [2.75, 3.05) is 79.0 Å². The Kier molecular flexibility index (Phi) is 7.57. The van der Waals surface area contributed by atoms with Crippen LogP contribution < -0.4 is 20.1 Å². The fraction of sp³-hybridized carbons (Fsp3) is 0.619. The quantitative estimate of drug-likeness (QED) is 0.547. The molecule has 170 valence electrons. The summed E-state index contributed by atoms with van der Waals surface area (Å²) >= 11 is 0. The van der Waals surface area contributed by atoms with Crippen LogP contribution in [0.5, 0.6) is 11.5 Å². The van der Waals surface area contributed by atoms with Crippen LogP contribution >= 0.6 is 0 Å². The highest BCUT2D eigenvalue weighted by Gasteiger charge is 2.26. The van der Waals surface area contributed by atoms with E-state index in [1.165, 1.54) is 0 Å². The number of ether oxygens (including phenoxy) is 4. The van der Waals surface area contributed by atoms with E-state index in [0.717, 1.165) is 31.7 Å². The van der Waals surface area contributed by atoms with Crippen molar-refractivity contribution < 1.29 is 28.5 Å². The molecule has 10 nitrogen and oxygen atoms in total. The van der Waals surface area contributed by atoms with Crippen LogP contribution in [0.4, 0.5) is 0 Å². The maximum absolute atomic E-state index is 12.4. The maximum Gasteiger partial charge on any atom is 0.309 e. The minimum absolute atomic E-state index is 0.0940. The molecule has 0 unspecified atom stereocenters. The third-order valence-electron chi connectivity index (χ3n) is 5.75. The van der Waals surface area contributed by atoms with E-state index in [0.29, 0.717) is 57.6 Å². The molecule has 0 saturated carbocycles. The number of morpholine rings is 2. The molecule has 10 heteroatoms. The van der Waals surface area contributed by atoms with E-state index in [-0.39, 0.29) is 12.8 Å². The molecule has 0 spiro atoms. The first-order chi connectivity index (χ1) is 15.2. The molecule has 2 amide bonds. The first kappa shape index (κ1) is 21.8. The van der Waals surface area contributed by atoms with Crippen molar-refractivity contribution in [3.63, 3.8) is 0 Å². The molecule has 0 radical (unpaired) electrons. The zero-order valence-corrected chi connectivity index (χ0v) is 17.6. The van der Waals surface area contributed by atoms with Crippen LogP contribution in [0.1, 0.15) is 11.6 Å². The number of carbonyl (C=O) groups is 2. The van der Waals surface area contributed by atoms with E-state index in [4.69, 9.17) is 18.9 Å². The third kappa shape index (κ3) is 5.85. The van der Waals surface area contributed by atoms with Crippen molar-refractivity contribution in [2.24, 2.45) is 0 Å². The number of carbonyl (C=O) groups excluding carboxylic acids is 2. The predicted molar refractivity (Wildman–Crippen MR) is 111 cm³/mol. The number of amides is 2. The molecule has 2 saturated heterocycles. The van der Waals surface area contributed by atoms with Crippen molar-refractivity contribution in [3.8, 4) is 11.5 Å². The van der Waals surface area contributed by atoms with Gasteiger partial charge in [-0.1, -0.05) is 6.07 Å². The van der Waals surface area contributed by atoms with E-state index in [9.17, 15) is 9.59 Å². The van der Waals surface area contributed by atoms with Gasteiger partial charge >= 0.3 is 11.8 Å². The molecule has 0 aliphatic carbocycles. The largest absolute Gasteiger partial charge is 0.454 e. The number of benzene rings is 1. The summed E-state index contributed by atoms with van der Waals surface area (Å²) < 4.78 is 21.7. The number of hydrogen-bond donors (Lipinski definition) is 2. The summed E-state index contributed by atoms with van der Waals surface area (Å²) in [6.07, 6.45) is 0. The zero-order valence-electron chi connectivity index (χ0n) is 17.6. The molecule has 0 bridgehead atoms. The van der Waals surface area contributed by atoms with Crippen LogP contribution in [0.3, 0.4) is 0 Å². The molecule has 3 heterocycles. The van der Waals surface area contributed by atoms with Crippen molar-refractivity contribution in [1.82, 2.24) is 20.4 Å². The molecule has 3 aliphatic rings. The number of fused-ring (bicyclic) bond motifs is 1. The Balaban J connectivity index is 1.31. The van der Waals surface area contributed by atoms with Crippen molar-refractivity contribution >= 4 is 11.8 Å². The average molecular weight is 434 g/mol. The molecule has 0 aromatic heterocycles. The van der Waals surface area contributed by atoms with E-state index in [2.05, 4.69) is 20.4 Å². The van der Waals surface area contributed by atoms with Gasteiger partial charge in [0.05, 0.1) is 32.5 Å². The fourth-order valence-corrected chi connectivity index (χ4v) is 3.97. The van der Waals surface area contributed by atoms with Gasteiger partial charge in [0.2, 0.25) is 6.79 Å². The monoisotopic (exact) mass is 434 g/mol. The summed E-state index contributed by atoms with van der Waals surface area (Å²) in [5, 5.41) is 5.50. The molecule has 1 aromatic carbocycles. The Morgan fingerprint density at radius 3 is 2.35 bits per heavy atom. The molecule has 1 atom stereocenters. The van der Waals surface area contributed by atoms with Crippen LogP contribution in [0.2, 0.25) is 0 Å². The van der Waals surface area contributed by atoms with Gasteiger partial charge in [0.1, 0.15) is 0 Å². The van der Waals surface area contributed by atoms with E-state index in [1.807, 2.05) is 18.2 Å². The molecule has 31 heavy (non-hydrogen) atoms. The fourth-order valence-electron chi connectivity index (χ4n) is 3.97. The number of nitrogens with one attached hydrogen (secondary N) is 2. The first-order valence-electron chi connectivity index (χ1n) is 10.8. The van der Waals surface area contributed by atoms with Crippen LogP contribution in [0.25, 0.3) is 0 Å². The summed E-state index contributed by atoms with van der Waals surface area (Å²) in [5.74, 6) is 0.178. The Hall–Kier alpha value is -2.40. The van der Waals surface area contributed by atoms with E-state index in [1.54, 1.807) is 0 Å². The second-order valence-electron chi connectivity index (χ2n) is 7.70. The number of hydrogen-bond acceptors (Lipinski definition) is 8. The second-order valence-corrected chi connectivity index (χ2v) is 7.70. The lowest BCUT2D eigenvalue weighted by atomic mass is 10.0. The Morgan fingerprint density at radius 1 is 0.903 bits per heavy atom. The molecule has 2 fully saturated rings. The Morgan fingerprint density at radius 2 is 1.58 bits per heavy atom. The second kappa shape index (κ2) is 10.8. The van der Waals surface area contributed by atoms with E-state index >= 15 is 0 Å². The van der Waals surface area contributed by atoms with Gasteiger partial charge in [-0.05, 0) is 17.7 Å². The molecule has 2 N–H and O–H groups in total. The predicted octanol–water partition coefficient (Wildman–Crippen LogP) is -0.647. The van der Waals surface area contributed by atoms with Crippen LogP contribution in [0.15, 0.2) is 18.2 Å². The minimum Gasteiger partial charge on any atom is -0.454 e. The number of nitrogens with zero attached hydrogens (tertiary/aromatic N) is 2. The summed E-state index contributed by atoms with van der Waals surface area (Å²) in [6.45, 7) is 7.54. The normalized spacial score (nSPS) is 20.3. The SMILES string of the molecule is O=C(NCCN1CCOCC1)C(=O)NC[C@H](c1ccc2c(c1)OCO2)N1CCOCC1. The highest BCUT2D eigenvalue weighted by Crippen LogP contribution is 2.35. The van der Waals surface area contributed by atoms with Gasteiger partial charge in [0.15, 0.2) is 11.5 Å². The van der Waals surface area contributed by atoms with Gasteiger partial charge < -0.3 is 29.6 Å². The lowest BCUT2D eigenvalue weighted by Gasteiger charge is -2.35. The average Bonchev–Trinajstić information content (AvgIpc) is 3.28. The van der Waals surface area contributed by atoms with Gasteiger partial charge in [0.25, 0.3) is 0 Å². The lowest BCUT2D eigenvalue weighted by Crippen LogP contribution is -2.48. The molecule has 4 rings (SSSR count). The summed E-state index contributed by atoms with van der Waals surface area (Å²) in [5.41, 5.74) is 0.999. The van der Waals surface area contributed by atoms with Crippen molar-refractivity contribution in [3.05, 3.63) is 23.8 Å². The van der Waals surface area contributed by atoms with Gasteiger partial charge in [-0.2, -0.15) is 0 Å². The van der Waals surface area contributed by atoms with Crippen LogP contribution in [-0.2, 0) is 19.1 Å². The van der Waals surface area contributed by atoms with Gasteiger partial charge in [-0.25, -0.2) is 0 Å². The first-order valence-corrected chi connectivity index (χ1v) is 10.8. The molecular formula is C21H30N4O6. The Labute approximate surface area is 181 Å². The summed E-state index contributed by atoms with van der Waals surface area (Å²) in [7, 11) is 0. The highest BCUT2D eigenvalue weighted by atomic mass is 16.7. The van der Waals surface area contributed by atoms with Crippen molar-refractivity contribution in [2.45, 2.75) is 6.04 Å². The number of rotatable bonds is 7. The third-order valence-corrected chi connectivity index (χ3v) is 5.75. The van der Waals surface area contributed by atoms with Gasteiger partial charge in [-0.15, -0.1) is 0 Å². The summed E-state index contributed by atoms with van der Waals surface area (Å²) in [4.78, 5) is 29.1. The van der Waals surface area contributed by atoms with Gasteiger partial charge in [0, 0.05) is 45.8 Å². The Bertz CT molecular complexity index is 764. The molecular weight excluding hydrogens is 404 g/mol. The zero-order chi connectivity index (χ0) is 21.5. The minimum atomic E-state index is -0.624. The van der Waals surface area contributed by atoms with Crippen LogP contribution in [0, 0.1) is 0 Å². The maximum atomic E-state index is 12.4. The van der Waals surface area contributed by atoms with E-state index < -0.39 is 11.8 Å². The smallest absolute Gasteiger partial charge is 0.309 e. The molecule has 1 aromatic rings. The van der Waals surface area contributed by atoms with Crippen LogP contribution in [-0.4, -0.2) is 101 Å². The lowest BCUT2D eigenvalue weighted by molar-refractivity contribution is -0.139. The highest BCUT2D eigenvalue weighted by molar-refractivity contribution is 6.35. The van der Waals surface area contributed by atoms with Gasteiger partial charge in [-0.3, -0.25) is 19.4 Å². The standard InChI is InChI=1S/C21H30N4O6/c26-20(22-3-4-24-5-9-28-10-6-24)21(27)23-14-17(25-7-11-29-12-8-25)16-1-2-18-19(13-16)31-15-30-18/h1-2,13,17H,3-12,14-15H2,(H,22,26)(H,23,27)/t17-/m1/s1.